The number of nitrogens with zero attached hydrogens (tertiary/aromatic N) is 1. The van der Waals surface area contributed by atoms with E-state index in [-0.39, 0.29) is 11.9 Å². The molecule has 0 amide bonds. The first-order valence-corrected chi connectivity index (χ1v) is 6.73. The summed E-state index contributed by atoms with van der Waals surface area (Å²) in [7, 11) is 1.42. The fourth-order valence-electron chi connectivity index (χ4n) is 1.06. The third-order valence-corrected chi connectivity index (χ3v) is 4.23. The van der Waals surface area contributed by atoms with Crippen molar-refractivity contribution in [3.05, 3.63) is 16.1 Å². The monoisotopic (exact) mass is 245 g/mol. The number of methoxy groups -OCH3 is 1. The normalized spacial score (nSPS) is 12.5. The second kappa shape index (κ2) is 6.12. The van der Waals surface area contributed by atoms with Gasteiger partial charge in [-0.1, -0.05) is 6.92 Å². The molecule has 0 aliphatic heterocycles. The van der Waals surface area contributed by atoms with Gasteiger partial charge in [0.2, 0.25) is 0 Å². The van der Waals surface area contributed by atoms with Gasteiger partial charge in [-0.25, -0.2) is 4.98 Å². The van der Waals surface area contributed by atoms with E-state index >= 15 is 0 Å². The molecule has 1 unspecified atom stereocenters. The summed E-state index contributed by atoms with van der Waals surface area (Å²) in [4.78, 5) is 15.5. The zero-order valence-corrected chi connectivity index (χ0v) is 10.8. The van der Waals surface area contributed by atoms with Gasteiger partial charge >= 0.3 is 5.97 Å². The van der Waals surface area contributed by atoms with Crippen LogP contribution in [0.25, 0.3) is 0 Å². The van der Waals surface area contributed by atoms with E-state index in [9.17, 15) is 4.79 Å². The molecule has 0 aromatic carbocycles. The SMILES string of the molecule is COC(=O)C(C)CSCc1nc(C)cs1. The van der Waals surface area contributed by atoms with Gasteiger partial charge in [0.25, 0.3) is 0 Å². The highest BCUT2D eigenvalue weighted by Crippen LogP contribution is 2.18. The van der Waals surface area contributed by atoms with Gasteiger partial charge in [0.05, 0.1) is 13.0 Å². The number of thiazole rings is 1. The molecule has 0 aliphatic carbocycles. The fraction of sp³-hybridized carbons (Fsp3) is 0.600. The van der Waals surface area contributed by atoms with E-state index in [1.165, 1.54) is 7.11 Å². The van der Waals surface area contributed by atoms with Gasteiger partial charge in [0.15, 0.2) is 0 Å². The number of aryl methyl sites for hydroxylation is 1. The van der Waals surface area contributed by atoms with E-state index in [1.807, 2.05) is 19.2 Å². The number of hydrogen-bond acceptors (Lipinski definition) is 5. The lowest BCUT2D eigenvalue weighted by Crippen LogP contribution is -2.14. The summed E-state index contributed by atoms with van der Waals surface area (Å²) in [6.07, 6.45) is 0. The number of hydrogen-bond donors (Lipinski definition) is 0. The van der Waals surface area contributed by atoms with Crippen molar-refractivity contribution in [3.8, 4) is 0 Å². The summed E-state index contributed by atoms with van der Waals surface area (Å²) in [5, 5.41) is 3.16. The molecule has 1 aromatic heterocycles. The standard InChI is InChI=1S/C10H15NO2S2/c1-7(10(12)13-3)4-14-6-9-11-8(2)5-15-9/h5,7H,4,6H2,1-3H3. The Morgan fingerprint density at radius 1 is 1.73 bits per heavy atom. The number of carbonyl (C=O) groups is 1. The van der Waals surface area contributed by atoms with Crippen molar-refractivity contribution in [2.75, 3.05) is 12.9 Å². The van der Waals surface area contributed by atoms with Gasteiger partial charge in [-0.05, 0) is 6.92 Å². The molecule has 0 aliphatic rings. The zero-order valence-electron chi connectivity index (χ0n) is 9.15. The first-order valence-electron chi connectivity index (χ1n) is 4.70. The van der Waals surface area contributed by atoms with Crippen LogP contribution in [0.5, 0.6) is 0 Å². The lowest BCUT2D eigenvalue weighted by Gasteiger charge is -2.07. The van der Waals surface area contributed by atoms with E-state index in [0.717, 1.165) is 22.2 Å². The average Bonchev–Trinajstić information content (AvgIpc) is 2.63. The minimum Gasteiger partial charge on any atom is -0.469 e. The zero-order chi connectivity index (χ0) is 11.3. The lowest BCUT2D eigenvalue weighted by molar-refractivity contribution is -0.143. The quantitative estimate of drug-likeness (QED) is 0.747. The van der Waals surface area contributed by atoms with E-state index in [1.54, 1.807) is 23.1 Å². The second-order valence-electron chi connectivity index (χ2n) is 3.32. The van der Waals surface area contributed by atoms with Crippen LogP contribution in [0.1, 0.15) is 17.6 Å². The maximum atomic E-state index is 11.1. The molecule has 1 heterocycles. The van der Waals surface area contributed by atoms with Crippen molar-refractivity contribution in [2.24, 2.45) is 5.92 Å². The molecule has 3 nitrogen and oxygen atoms in total. The molecule has 0 bridgehead atoms. The van der Waals surface area contributed by atoms with Crippen LogP contribution in [-0.2, 0) is 15.3 Å². The van der Waals surface area contributed by atoms with Crippen LogP contribution in [0, 0.1) is 12.8 Å². The summed E-state index contributed by atoms with van der Waals surface area (Å²) >= 11 is 3.39. The average molecular weight is 245 g/mol. The van der Waals surface area contributed by atoms with E-state index < -0.39 is 0 Å². The van der Waals surface area contributed by atoms with Gasteiger partial charge in [0, 0.05) is 22.6 Å². The highest BCUT2D eigenvalue weighted by Gasteiger charge is 2.12. The Hall–Kier alpha value is -0.550. The molecule has 0 radical (unpaired) electrons. The van der Waals surface area contributed by atoms with Gasteiger partial charge < -0.3 is 4.74 Å². The van der Waals surface area contributed by atoms with Crippen LogP contribution >= 0.6 is 23.1 Å². The number of esters is 1. The van der Waals surface area contributed by atoms with Crippen molar-refractivity contribution in [2.45, 2.75) is 19.6 Å². The lowest BCUT2D eigenvalue weighted by atomic mass is 10.2. The molecule has 0 saturated heterocycles. The summed E-state index contributed by atoms with van der Waals surface area (Å²) in [5.74, 6) is 1.48. The van der Waals surface area contributed by atoms with Gasteiger partial charge in [-0.2, -0.15) is 11.8 Å². The van der Waals surface area contributed by atoms with Crippen molar-refractivity contribution in [3.63, 3.8) is 0 Å². The van der Waals surface area contributed by atoms with Crippen molar-refractivity contribution in [1.29, 1.82) is 0 Å². The predicted molar refractivity (Wildman–Crippen MR) is 64.2 cm³/mol. The molecule has 84 valence electrons. The second-order valence-corrected chi connectivity index (χ2v) is 5.29. The Morgan fingerprint density at radius 3 is 3.00 bits per heavy atom. The Balaban J connectivity index is 2.24. The first-order chi connectivity index (χ1) is 7.13. The summed E-state index contributed by atoms with van der Waals surface area (Å²) in [6, 6.07) is 0. The third kappa shape index (κ3) is 4.22. The minimum atomic E-state index is -0.141. The molecule has 1 aromatic rings. The largest absolute Gasteiger partial charge is 0.469 e. The topological polar surface area (TPSA) is 39.2 Å². The predicted octanol–water partition coefficient (Wildman–Crippen LogP) is 2.49. The van der Waals surface area contributed by atoms with E-state index in [2.05, 4.69) is 9.72 Å². The molecule has 15 heavy (non-hydrogen) atoms. The Kier molecular flexibility index (Phi) is 5.11. The van der Waals surface area contributed by atoms with Crippen LogP contribution < -0.4 is 0 Å². The highest BCUT2D eigenvalue weighted by molar-refractivity contribution is 7.98. The van der Waals surface area contributed by atoms with E-state index in [0.29, 0.717) is 0 Å². The number of thioether (sulfide) groups is 1. The molecule has 5 heteroatoms. The van der Waals surface area contributed by atoms with Crippen LogP contribution in [0.4, 0.5) is 0 Å². The maximum Gasteiger partial charge on any atom is 0.309 e. The van der Waals surface area contributed by atoms with Gasteiger partial charge in [-0.15, -0.1) is 11.3 Å². The molecule has 0 saturated carbocycles. The fourth-order valence-corrected chi connectivity index (χ4v) is 2.99. The van der Waals surface area contributed by atoms with Crippen LogP contribution in [-0.4, -0.2) is 23.8 Å². The molecule has 1 rings (SSSR count). The van der Waals surface area contributed by atoms with Crippen molar-refractivity contribution < 1.29 is 9.53 Å². The highest BCUT2D eigenvalue weighted by atomic mass is 32.2. The summed E-state index contributed by atoms with van der Waals surface area (Å²) in [5.41, 5.74) is 1.07. The number of carbonyl (C=O) groups excluding carboxylic acids is 1. The number of ether oxygens (including phenoxy) is 1. The Labute approximate surface area is 98.2 Å². The number of aromatic nitrogens is 1. The van der Waals surface area contributed by atoms with Gasteiger partial charge in [-0.3, -0.25) is 4.79 Å². The third-order valence-electron chi connectivity index (χ3n) is 1.86. The van der Waals surface area contributed by atoms with Crippen molar-refractivity contribution in [1.82, 2.24) is 4.98 Å². The molecule has 0 spiro atoms. The van der Waals surface area contributed by atoms with Crippen LogP contribution in [0.3, 0.4) is 0 Å². The van der Waals surface area contributed by atoms with E-state index in [4.69, 9.17) is 0 Å². The Bertz CT molecular complexity index is 325. The molecule has 0 N–H and O–H groups in total. The molecular weight excluding hydrogens is 230 g/mol. The molecule has 0 fully saturated rings. The minimum absolute atomic E-state index is 0.0407. The van der Waals surface area contributed by atoms with Crippen LogP contribution in [0.2, 0.25) is 0 Å². The number of rotatable bonds is 5. The molecular formula is C10H15NO2S2. The Morgan fingerprint density at radius 2 is 2.47 bits per heavy atom. The maximum absolute atomic E-state index is 11.1. The summed E-state index contributed by atoms with van der Waals surface area (Å²) < 4.78 is 4.65. The summed E-state index contributed by atoms with van der Waals surface area (Å²) in [6.45, 7) is 3.87. The van der Waals surface area contributed by atoms with Crippen LogP contribution in [0.15, 0.2) is 5.38 Å². The van der Waals surface area contributed by atoms with Gasteiger partial charge in [0.1, 0.15) is 5.01 Å². The smallest absolute Gasteiger partial charge is 0.309 e. The first kappa shape index (κ1) is 12.5. The van der Waals surface area contributed by atoms with Crippen molar-refractivity contribution >= 4 is 29.1 Å². The molecule has 1 atom stereocenters.